The Bertz CT molecular complexity index is 319. The third kappa shape index (κ3) is 6.21. The summed E-state index contributed by atoms with van der Waals surface area (Å²) in [5.74, 6) is -0.997. The van der Waals surface area contributed by atoms with E-state index in [2.05, 4.69) is 15.5 Å². The Morgan fingerprint density at radius 1 is 1.30 bits per heavy atom. The lowest BCUT2D eigenvalue weighted by Gasteiger charge is -2.29. The summed E-state index contributed by atoms with van der Waals surface area (Å²) < 4.78 is 5.26. The summed E-state index contributed by atoms with van der Waals surface area (Å²) in [6.45, 7) is 7.69. The zero-order valence-electron chi connectivity index (χ0n) is 12.2. The van der Waals surface area contributed by atoms with Gasteiger partial charge in [-0.3, -0.25) is 4.90 Å². The zero-order valence-corrected chi connectivity index (χ0v) is 12.2. The molecule has 0 aromatic rings. The summed E-state index contributed by atoms with van der Waals surface area (Å²) >= 11 is 0. The van der Waals surface area contributed by atoms with Gasteiger partial charge in [-0.05, 0) is 13.3 Å². The maximum absolute atomic E-state index is 11.8. The normalized spacial score (nSPS) is 19.1. The van der Waals surface area contributed by atoms with Crippen molar-refractivity contribution in [3.63, 3.8) is 0 Å². The van der Waals surface area contributed by atoms with Gasteiger partial charge in [-0.2, -0.15) is 0 Å². The van der Waals surface area contributed by atoms with E-state index in [9.17, 15) is 9.59 Å². The number of morpholine rings is 1. The van der Waals surface area contributed by atoms with Crippen LogP contribution < -0.4 is 10.6 Å². The Morgan fingerprint density at radius 3 is 2.50 bits per heavy atom. The molecule has 2 atom stereocenters. The third-order valence-electron chi connectivity index (χ3n) is 3.19. The van der Waals surface area contributed by atoms with E-state index in [0.29, 0.717) is 12.8 Å². The van der Waals surface area contributed by atoms with Gasteiger partial charge in [0.15, 0.2) is 0 Å². The first-order chi connectivity index (χ1) is 9.52. The number of urea groups is 1. The maximum atomic E-state index is 11.8. The predicted octanol–water partition coefficient (Wildman–Crippen LogP) is 0.260. The number of carbonyl (C=O) groups excluding carboxylic acids is 1. The van der Waals surface area contributed by atoms with Gasteiger partial charge in [0.25, 0.3) is 0 Å². The van der Waals surface area contributed by atoms with E-state index in [1.54, 1.807) is 0 Å². The standard InChI is InChI=1S/C13H25N3O4/c1-3-4-11(12(17)18)15-13(19)14-10(2)9-16-5-7-20-8-6-16/h10-11H,3-9H2,1-2H3,(H,17,18)(H2,14,15,19)/t10?,11-/m0/s1. The number of carboxylic acid groups (broad SMARTS) is 1. The third-order valence-corrected chi connectivity index (χ3v) is 3.19. The van der Waals surface area contributed by atoms with Crippen molar-refractivity contribution in [2.24, 2.45) is 0 Å². The second-order valence-electron chi connectivity index (χ2n) is 5.11. The van der Waals surface area contributed by atoms with Crippen molar-refractivity contribution in [3.05, 3.63) is 0 Å². The lowest BCUT2D eigenvalue weighted by Crippen LogP contribution is -2.51. The molecular formula is C13H25N3O4. The Kier molecular flexibility index (Phi) is 7.32. The second kappa shape index (κ2) is 8.76. The van der Waals surface area contributed by atoms with E-state index >= 15 is 0 Å². The van der Waals surface area contributed by atoms with Gasteiger partial charge in [0, 0.05) is 25.7 Å². The first-order valence-corrected chi connectivity index (χ1v) is 7.12. The summed E-state index contributed by atoms with van der Waals surface area (Å²) in [5, 5.41) is 14.3. The Hall–Kier alpha value is -1.34. The Morgan fingerprint density at radius 2 is 1.95 bits per heavy atom. The lowest BCUT2D eigenvalue weighted by molar-refractivity contribution is -0.139. The maximum Gasteiger partial charge on any atom is 0.326 e. The van der Waals surface area contributed by atoms with Crippen molar-refractivity contribution < 1.29 is 19.4 Å². The van der Waals surface area contributed by atoms with E-state index in [1.807, 2.05) is 13.8 Å². The molecule has 0 aliphatic carbocycles. The molecule has 7 heteroatoms. The molecule has 1 unspecified atom stereocenters. The number of ether oxygens (including phenoxy) is 1. The Labute approximate surface area is 119 Å². The molecule has 1 rings (SSSR count). The molecule has 0 saturated carbocycles. The van der Waals surface area contributed by atoms with E-state index < -0.39 is 18.0 Å². The van der Waals surface area contributed by atoms with Crippen molar-refractivity contribution in [3.8, 4) is 0 Å². The van der Waals surface area contributed by atoms with Crippen molar-refractivity contribution in [1.29, 1.82) is 0 Å². The fourth-order valence-electron chi connectivity index (χ4n) is 2.19. The highest BCUT2D eigenvalue weighted by Crippen LogP contribution is 1.99. The molecule has 1 aliphatic heterocycles. The predicted molar refractivity (Wildman–Crippen MR) is 74.7 cm³/mol. The number of aliphatic carboxylic acids is 1. The number of nitrogens with one attached hydrogen (secondary N) is 2. The first-order valence-electron chi connectivity index (χ1n) is 7.12. The minimum absolute atomic E-state index is 0.0378. The molecule has 116 valence electrons. The van der Waals surface area contributed by atoms with Crippen LogP contribution in [-0.2, 0) is 9.53 Å². The minimum Gasteiger partial charge on any atom is -0.480 e. The number of carboxylic acids is 1. The van der Waals surface area contributed by atoms with Gasteiger partial charge in [-0.25, -0.2) is 9.59 Å². The van der Waals surface area contributed by atoms with Gasteiger partial charge < -0.3 is 20.5 Å². The lowest BCUT2D eigenvalue weighted by atomic mass is 10.2. The molecule has 0 radical (unpaired) electrons. The van der Waals surface area contributed by atoms with Gasteiger partial charge >= 0.3 is 12.0 Å². The quantitative estimate of drug-likeness (QED) is 0.625. The molecule has 0 bridgehead atoms. The van der Waals surface area contributed by atoms with Crippen LogP contribution >= 0.6 is 0 Å². The fraction of sp³-hybridized carbons (Fsp3) is 0.846. The molecule has 0 aromatic carbocycles. The van der Waals surface area contributed by atoms with Gasteiger partial charge in [0.1, 0.15) is 6.04 Å². The van der Waals surface area contributed by atoms with Crippen LogP contribution in [0.25, 0.3) is 0 Å². The average molecular weight is 287 g/mol. The van der Waals surface area contributed by atoms with E-state index in [0.717, 1.165) is 32.8 Å². The molecule has 1 saturated heterocycles. The first kappa shape index (κ1) is 16.7. The fourth-order valence-corrected chi connectivity index (χ4v) is 2.19. The number of carbonyl (C=O) groups is 2. The van der Waals surface area contributed by atoms with Crippen LogP contribution in [-0.4, -0.2) is 66.9 Å². The van der Waals surface area contributed by atoms with Crippen LogP contribution in [0.15, 0.2) is 0 Å². The number of hydrogen-bond acceptors (Lipinski definition) is 4. The van der Waals surface area contributed by atoms with E-state index in [-0.39, 0.29) is 6.04 Å². The number of rotatable bonds is 7. The summed E-state index contributed by atoms with van der Waals surface area (Å²) in [5.41, 5.74) is 0. The average Bonchev–Trinajstić information content (AvgIpc) is 2.38. The summed E-state index contributed by atoms with van der Waals surface area (Å²) in [6, 6.07) is -1.29. The number of hydrogen-bond donors (Lipinski definition) is 3. The summed E-state index contributed by atoms with van der Waals surface area (Å²) in [7, 11) is 0. The molecule has 1 fully saturated rings. The highest BCUT2D eigenvalue weighted by atomic mass is 16.5. The molecule has 2 amide bonds. The zero-order chi connectivity index (χ0) is 15.0. The van der Waals surface area contributed by atoms with Crippen LogP contribution in [0.3, 0.4) is 0 Å². The van der Waals surface area contributed by atoms with Gasteiger partial charge in [-0.15, -0.1) is 0 Å². The molecule has 0 spiro atoms. The van der Waals surface area contributed by atoms with Crippen molar-refractivity contribution in [1.82, 2.24) is 15.5 Å². The number of amides is 2. The molecule has 3 N–H and O–H groups in total. The van der Waals surface area contributed by atoms with Gasteiger partial charge in [0.05, 0.1) is 13.2 Å². The van der Waals surface area contributed by atoms with Crippen LogP contribution in [0, 0.1) is 0 Å². The number of nitrogens with zero attached hydrogens (tertiary/aromatic N) is 1. The van der Waals surface area contributed by atoms with Crippen LogP contribution in [0.2, 0.25) is 0 Å². The van der Waals surface area contributed by atoms with Crippen LogP contribution in [0.1, 0.15) is 26.7 Å². The van der Waals surface area contributed by atoms with Crippen molar-refractivity contribution in [2.45, 2.75) is 38.8 Å². The summed E-state index contributed by atoms with van der Waals surface area (Å²) in [6.07, 6.45) is 1.14. The van der Waals surface area contributed by atoms with Crippen LogP contribution in [0.5, 0.6) is 0 Å². The molecule has 0 aromatic heterocycles. The van der Waals surface area contributed by atoms with Crippen molar-refractivity contribution in [2.75, 3.05) is 32.8 Å². The molecule has 1 heterocycles. The van der Waals surface area contributed by atoms with Crippen molar-refractivity contribution >= 4 is 12.0 Å². The van der Waals surface area contributed by atoms with Crippen LogP contribution in [0.4, 0.5) is 4.79 Å². The van der Waals surface area contributed by atoms with Gasteiger partial charge in [0.2, 0.25) is 0 Å². The SMILES string of the molecule is CCC[C@H](NC(=O)NC(C)CN1CCOCC1)C(=O)O. The molecule has 20 heavy (non-hydrogen) atoms. The molecule has 7 nitrogen and oxygen atoms in total. The monoisotopic (exact) mass is 287 g/mol. The summed E-state index contributed by atoms with van der Waals surface area (Å²) in [4.78, 5) is 24.9. The second-order valence-corrected chi connectivity index (χ2v) is 5.11. The largest absolute Gasteiger partial charge is 0.480 e. The van der Waals surface area contributed by atoms with E-state index in [1.165, 1.54) is 0 Å². The topological polar surface area (TPSA) is 90.9 Å². The van der Waals surface area contributed by atoms with E-state index in [4.69, 9.17) is 9.84 Å². The highest BCUT2D eigenvalue weighted by Gasteiger charge is 2.20. The van der Waals surface area contributed by atoms with Gasteiger partial charge in [-0.1, -0.05) is 13.3 Å². The highest BCUT2D eigenvalue weighted by molar-refractivity contribution is 5.82. The molecule has 1 aliphatic rings. The minimum atomic E-state index is -0.997. The molecular weight excluding hydrogens is 262 g/mol. The Balaban J connectivity index is 2.30. The smallest absolute Gasteiger partial charge is 0.326 e.